The standard InChI is InChI=1S/C8H8N2O/c11-8-7-5-9-4-6(7)2-1-3-10-8/h1-2,4-5,9H,3H2,(H,10,11). The van der Waals surface area contributed by atoms with E-state index in [0.29, 0.717) is 6.54 Å². The first kappa shape index (κ1) is 6.22. The van der Waals surface area contributed by atoms with Crippen molar-refractivity contribution in [1.82, 2.24) is 10.3 Å². The minimum Gasteiger partial charge on any atom is -0.366 e. The highest BCUT2D eigenvalue weighted by molar-refractivity contribution is 5.98. The summed E-state index contributed by atoms with van der Waals surface area (Å²) in [6.45, 7) is 0.619. The molecule has 2 N–H and O–H groups in total. The van der Waals surface area contributed by atoms with E-state index in [4.69, 9.17) is 0 Å². The number of H-pyrrole nitrogens is 1. The molecule has 1 aliphatic heterocycles. The average Bonchev–Trinajstić information content (AvgIpc) is 2.40. The number of rotatable bonds is 0. The molecular weight excluding hydrogens is 140 g/mol. The Morgan fingerprint density at radius 2 is 2.27 bits per heavy atom. The molecule has 1 aromatic heterocycles. The fourth-order valence-electron chi connectivity index (χ4n) is 1.14. The highest BCUT2D eigenvalue weighted by atomic mass is 16.1. The van der Waals surface area contributed by atoms with E-state index < -0.39 is 0 Å². The van der Waals surface area contributed by atoms with E-state index in [0.717, 1.165) is 11.1 Å². The van der Waals surface area contributed by atoms with Gasteiger partial charge in [-0.15, -0.1) is 0 Å². The second kappa shape index (κ2) is 2.27. The Hall–Kier alpha value is -1.51. The molecule has 1 aliphatic rings. The van der Waals surface area contributed by atoms with Crippen LogP contribution in [0, 0.1) is 0 Å². The summed E-state index contributed by atoms with van der Waals surface area (Å²) in [7, 11) is 0. The van der Waals surface area contributed by atoms with Crippen LogP contribution in [0.2, 0.25) is 0 Å². The van der Waals surface area contributed by atoms with E-state index in [2.05, 4.69) is 10.3 Å². The van der Waals surface area contributed by atoms with E-state index >= 15 is 0 Å². The van der Waals surface area contributed by atoms with Gasteiger partial charge in [-0.1, -0.05) is 12.2 Å². The molecule has 0 atom stereocenters. The molecule has 2 heterocycles. The van der Waals surface area contributed by atoms with Crippen molar-refractivity contribution in [3.63, 3.8) is 0 Å². The van der Waals surface area contributed by atoms with Crippen LogP contribution in [-0.2, 0) is 0 Å². The molecule has 0 aromatic carbocycles. The van der Waals surface area contributed by atoms with Crippen molar-refractivity contribution in [3.8, 4) is 0 Å². The Morgan fingerprint density at radius 3 is 3.18 bits per heavy atom. The van der Waals surface area contributed by atoms with Gasteiger partial charge in [-0.2, -0.15) is 0 Å². The first-order chi connectivity index (χ1) is 5.38. The number of hydrogen-bond acceptors (Lipinski definition) is 1. The number of fused-ring (bicyclic) bond motifs is 1. The van der Waals surface area contributed by atoms with Crippen molar-refractivity contribution in [3.05, 3.63) is 29.6 Å². The van der Waals surface area contributed by atoms with Gasteiger partial charge in [0.2, 0.25) is 0 Å². The fraction of sp³-hybridized carbons (Fsp3) is 0.125. The van der Waals surface area contributed by atoms with E-state index in [1.54, 1.807) is 6.20 Å². The number of carbonyl (C=O) groups excluding carboxylic acids is 1. The van der Waals surface area contributed by atoms with Crippen LogP contribution in [-0.4, -0.2) is 17.4 Å². The lowest BCUT2D eigenvalue weighted by atomic mass is 10.2. The van der Waals surface area contributed by atoms with Crippen LogP contribution in [0.5, 0.6) is 0 Å². The second-order valence-electron chi connectivity index (χ2n) is 2.44. The summed E-state index contributed by atoms with van der Waals surface area (Å²) in [6.07, 6.45) is 7.39. The van der Waals surface area contributed by atoms with Crippen molar-refractivity contribution in [1.29, 1.82) is 0 Å². The molecule has 11 heavy (non-hydrogen) atoms. The summed E-state index contributed by atoms with van der Waals surface area (Å²) in [6, 6.07) is 0. The molecule has 0 aliphatic carbocycles. The van der Waals surface area contributed by atoms with E-state index in [9.17, 15) is 4.79 Å². The van der Waals surface area contributed by atoms with Crippen molar-refractivity contribution in [2.75, 3.05) is 6.54 Å². The molecule has 3 heteroatoms. The highest BCUT2D eigenvalue weighted by Gasteiger charge is 2.11. The molecule has 0 saturated carbocycles. The Bertz CT molecular complexity index is 312. The maximum Gasteiger partial charge on any atom is 0.253 e. The van der Waals surface area contributed by atoms with Gasteiger partial charge in [-0.25, -0.2) is 0 Å². The number of hydrogen-bond donors (Lipinski definition) is 2. The van der Waals surface area contributed by atoms with Gasteiger partial charge in [0.15, 0.2) is 0 Å². The number of aromatic amines is 1. The molecule has 0 unspecified atom stereocenters. The Kier molecular flexibility index (Phi) is 1.28. The first-order valence-electron chi connectivity index (χ1n) is 3.49. The summed E-state index contributed by atoms with van der Waals surface area (Å²) in [5.74, 6) is -0.00810. The number of nitrogens with one attached hydrogen (secondary N) is 2. The van der Waals surface area contributed by atoms with Crippen molar-refractivity contribution in [2.24, 2.45) is 0 Å². The van der Waals surface area contributed by atoms with E-state index in [1.165, 1.54) is 0 Å². The summed E-state index contributed by atoms with van der Waals surface area (Å²) in [5.41, 5.74) is 1.68. The zero-order valence-electron chi connectivity index (χ0n) is 5.92. The number of amides is 1. The van der Waals surface area contributed by atoms with Crippen molar-refractivity contribution in [2.45, 2.75) is 0 Å². The smallest absolute Gasteiger partial charge is 0.253 e. The van der Waals surface area contributed by atoms with Gasteiger partial charge in [0.05, 0.1) is 5.56 Å². The van der Waals surface area contributed by atoms with Gasteiger partial charge in [-0.3, -0.25) is 4.79 Å². The molecule has 0 fully saturated rings. The molecule has 0 radical (unpaired) electrons. The van der Waals surface area contributed by atoms with Crippen molar-refractivity contribution < 1.29 is 4.79 Å². The summed E-state index contributed by atoms with van der Waals surface area (Å²) < 4.78 is 0. The van der Waals surface area contributed by atoms with Crippen LogP contribution >= 0.6 is 0 Å². The summed E-state index contributed by atoms with van der Waals surface area (Å²) in [4.78, 5) is 14.1. The van der Waals surface area contributed by atoms with Gasteiger partial charge < -0.3 is 10.3 Å². The molecule has 56 valence electrons. The summed E-state index contributed by atoms with van der Waals surface area (Å²) in [5, 5.41) is 2.74. The molecule has 1 amide bonds. The monoisotopic (exact) mass is 148 g/mol. The molecule has 3 nitrogen and oxygen atoms in total. The topological polar surface area (TPSA) is 44.9 Å². The van der Waals surface area contributed by atoms with Crippen LogP contribution in [0.15, 0.2) is 18.5 Å². The molecule has 2 rings (SSSR count). The minimum atomic E-state index is -0.00810. The first-order valence-corrected chi connectivity index (χ1v) is 3.49. The zero-order valence-corrected chi connectivity index (χ0v) is 5.92. The lowest BCUT2D eigenvalue weighted by molar-refractivity contribution is 0.0959. The molecule has 0 bridgehead atoms. The second-order valence-corrected chi connectivity index (χ2v) is 2.44. The van der Waals surface area contributed by atoms with Crippen molar-refractivity contribution >= 4 is 12.0 Å². The average molecular weight is 148 g/mol. The van der Waals surface area contributed by atoms with Crippen LogP contribution < -0.4 is 5.32 Å². The molecule has 1 aromatic rings. The van der Waals surface area contributed by atoms with Crippen LogP contribution in [0.1, 0.15) is 15.9 Å². The van der Waals surface area contributed by atoms with Crippen LogP contribution in [0.3, 0.4) is 0 Å². The predicted molar refractivity (Wildman–Crippen MR) is 42.2 cm³/mol. The lowest BCUT2D eigenvalue weighted by Crippen LogP contribution is -2.21. The van der Waals surface area contributed by atoms with Gasteiger partial charge in [0.25, 0.3) is 5.91 Å². The third kappa shape index (κ3) is 0.941. The van der Waals surface area contributed by atoms with Gasteiger partial charge in [-0.05, 0) is 0 Å². The molecule has 0 saturated heterocycles. The fourth-order valence-corrected chi connectivity index (χ4v) is 1.14. The SMILES string of the molecule is O=C1NCC=Cc2c[nH]cc21. The Labute approximate surface area is 64.1 Å². The lowest BCUT2D eigenvalue weighted by Gasteiger charge is -1.95. The third-order valence-corrected chi connectivity index (χ3v) is 1.70. The van der Waals surface area contributed by atoms with Crippen LogP contribution in [0.4, 0.5) is 0 Å². The minimum absolute atomic E-state index is 0.00810. The Morgan fingerprint density at radius 1 is 1.36 bits per heavy atom. The maximum atomic E-state index is 11.2. The highest BCUT2D eigenvalue weighted by Crippen LogP contribution is 2.11. The third-order valence-electron chi connectivity index (χ3n) is 1.70. The largest absolute Gasteiger partial charge is 0.366 e. The van der Waals surface area contributed by atoms with E-state index in [-0.39, 0.29) is 5.91 Å². The van der Waals surface area contributed by atoms with Gasteiger partial charge >= 0.3 is 0 Å². The molecule has 0 spiro atoms. The van der Waals surface area contributed by atoms with Gasteiger partial charge in [0, 0.05) is 24.5 Å². The van der Waals surface area contributed by atoms with E-state index in [1.807, 2.05) is 18.3 Å². The normalized spacial score (nSPS) is 15.5. The number of aromatic nitrogens is 1. The predicted octanol–water partition coefficient (Wildman–Crippen LogP) is 0.771. The zero-order chi connectivity index (χ0) is 7.68. The summed E-state index contributed by atoms with van der Waals surface area (Å²) >= 11 is 0. The quantitative estimate of drug-likeness (QED) is 0.560. The maximum absolute atomic E-state index is 11.2. The Balaban J connectivity index is 2.53. The molecular formula is C8H8N2O. The number of carbonyl (C=O) groups is 1. The van der Waals surface area contributed by atoms with Crippen LogP contribution in [0.25, 0.3) is 6.08 Å². The van der Waals surface area contributed by atoms with Gasteiger partial charge in [0.1, 0.15) is 0 Å².